The first-order valence-electron chi connectivity index (χ1n) is 7.73. The van der Waals surface area contributed by atoms with Crippen molar-refractivity contribution in [2.75, 3.05) is 13.1 Å². The molecule has 1 saturated carbocycles. The molecule has 0 bridgehead atoms. The van der Waals surface area contributed by atoms with Crippen LogP contribution in [0, 0.1) is 5.41 Å². The van der Waals surface area contributed by atoms with Crippen molar-refractivity contribution in [2.24, 2.45) is 5.73 Å². The molecule has 0 radical (unpaired) electrons. The lowest BCUT2D eigenvalue weighted by Gasteiger charge is -2.33. The Balaban J connectivity index is 1.65. The molecule has 5 heteroatoms. The lowest BCUT2D eigenvalue weighted by molar-refractivity contribution is 0.163. The van der Waals surface area contributed by atoms with Crippen LogP contribution in [-0.2, 0) is 6.42 Å². The Morgan fingerprint density at radius 3 is 2.85 bits per heavy atom. The molecule has 2 fully saturated rings. The van der Waals surface area contributed by atoms with Crippen LogP contribution in [0.2, 0.25) is 0 Å². The number of nitrogens with zero attached hydrogens (tertiary/aromatic N) is 2. The summed E-state index contributed by atoms with van der Waals surface area (Å²) in [4.78, 5) is 8.28. The quantitative estimate of drug-likeness (QED) is 0.648. The summed E-state index contributed by atoms with van der Waals surface area (Å²) in [6.45, 7) is 4.65. The van der Waals surface area contributed by atoms with Crippen molar-refractivity contribution < 1.29 is 0 Å². The fourth-order valence-corrected chi connectivity index (χ4v) is 4.04. The Labute approximate surface area is 124 Å². The van der Waals surface area contributed by atoms with E-state index in [1.54, 1.807) is 11.3 Å². The fourth-order valence-electron chi connectivity index (χ4n) is 3.04. The van der Waals surface area contributed by atoms with Crippen molar-refractivity contribution in [3.05, 3.63) is 15.6 Å². The molecule has 3 rings (SSSR count). The number of rotatable bonds is 5. The maximum absolute atomic E-state index is 7.71. The second-order valence-corrected chi connectivity index (χ2v) is 7.22. The first-order chi connectivity index (χ1) is 9.65. The zero-order valence-electron chi connectivity index (χ0n) is 12.2. The van der Waals surface area contributed by atoms with Gasteiger partial charge in [-0.1, -0.05) is 6.42 Å². The molecule has 0 aromatic carbocycles. The van der Waals surface area contributed by atoms with Crippen molar-refractivity contribution in [3.63, 3.8) is 0 Å². The van der Waals surface area contributed by atoms with Crippen molar-refractivity contribution in [1.29, 1.82) is 5.41 Å². The second-order valence-electron chi connectivity index (χ2n) is 6.14. The van der Waals surface area contributed by atoms with Gasteiger partial charge in [-0.25, -0.2) is 4.98 Å². The van der Waals surface area contributed by atoms with Gasteiger partial charge in [0.15, 0.2) is 0 Å². The first-order valence-corrected chi connectivity index (χ1v) is 8.55. The third-order valence-electron chi connectivity index (χ3n) is 4.46. The van der Waals surface area contributed by atoms with Gasteiger partial charge in [0.25, 0.3) is 0 Å². The molecule has 110 valence electrons. The number of likely N-dealkylation sites (tertiary alicyclic amines) is 1. The normalized spacial score (nSPS) is 23.9. The number of thiazole rings is 1. The highest BCUT2D eigenvalue weighted by atomic mass is 32.1. The standard InChI is InChI=1S/C15H24N4S/c1-10-4-2-3-8-19(10)9-7-12-18-13(11-5-6-11)14(20-12)15(16)17/h10-11H,2-9H2,1H3,(H3,16,17). The molecule has 1 aliphatic heterocycles. The molecular formula is C15H24N4S. The van der Waals surface area contributed by atoms with E-state index in [2.05, 4.69) is 11.8 Å². The summed E-state index contributed by atoms with van der Waals surface area (Å²) < 4.78 is 0. The Morgan fingerprint density at radius 1 is 1.40 bits per heavy atom. The van der Waals surface area contributed by atoms with Gasteiger partial charge in [-0.15, -0.1) is 11.3 Å². The molecule has 3 N–H and O–H groups in total. The summed E-state index contributed by atoms with van der Waals surface area (Å²) in [5, 5.41) is 8.87. The van der Waals surface area contributed by atoms with Crippen LogP contribution in [-0.4, -0.2) is 34.9 Å². The van der Waals surface area contributed by atoms with Crippen LogP contribution in [0.5, 0.6) is 0 Å². The van der Waals surface area contributed by atoms with Crippen molar-refractivity contribution in [1.82, 2.24) is 9.88 Å². The maximum atomic E-state index is 7.71. The van der Waals surface area contributed by atoms with Crippen LogP contribution in [0.4, 0.5) is 0 Å². The number of hydrogen-bond donors (Lipinski definition) is 2. The molecule has 1 atom stereocenters. The van der Waals surface area contributed by atoms with Gasteiger partial charge in [-0.05, 0) is 39.2 Å². The smallest absolute Gasteiger partial charge is 0.135 e. The van der Waals surface area contributed by atoms with Crippen molar-refractivity contribution in [3.8, 4) is 0 Å². The number of amidine groups is 1. The summed E-state index contributed by atoms with van der Waals surface area (Å²) in [5.41, 5.74) is 6.80. The molecule has 0 spiro atoms. The van der Waals surface area contributed by atoms with Gasteiger partial charge in [-0.3, -0.25) is 5.41 Å². The average Bonchev–Trinajstić information content (AvgIpc) is 3.18. The van der Waals surface area contributed by atoms with Gasteiger partial charge in [-0.2, -0.15) is 0 Å². The van der Waals surface area contributed by atoms with Crippen LogP contribution in [0.15, 0.2) is 0 Å². The Bertz CT molecular complexity index is 492. The number of aromatic nitrogens is 1. The topological polar surface area (TPSA) is 66.0 Å². The molecule has 1 aliphatic carbocycles. The minimum absolute atomic E-state index is 0.196. The number of nitrogens with two attached hydrogens (primary N) is 1. The lowest BCUT2D eigenvalue weighted by Crippen LogP contribution is -2.38. The van der Waals surface area contributed by atoms with Crippen LogP contribution < -0.4 is 5.73 Å². The lowest BCUT2D eigenvalue weighted by atomic mass is 10.0. The van der Waals surface area contributed by atoms with E-state index in [9.17, 15) is 0 Å². The summed E-state index contributed by atoms with van der Waals surface area (Å²) in [6, 6.07) is 0.707. The molecule has 4 nitrogen and oxygen atoms in total. The van der Waals surface area contributed by atoms with E-state index < -0.39 is 0 Å². The highest BCUT2D eigenvalue weighted by Gasteiger charge is 2.30. The fraction of sp³-hybridized carbons (Fsp3) is 0.733. The van der Waals surface area contributed by atoms with Gasteiger partial charge >= 0.3 is 0 Å². The predicted molar refractivity (Wildman–Crippen MR) is 83.7 cm³/mol. The summed E-state index contributed by atoms with van der Waals surface area (Å²) >= 11 is 1.64. The Hall–Kier alpha value is -0.940. The van der Waals surface area contributed by atoms with E-state index in [0.29, 0.717) is 12.0 Å². The Morgan fingerprint density at radius 2 is 2.20 bits per heavy atom. The van der Waals surface area contributed by atoms with Gasteiger partial charge in [0.1, 0.15) is 5.84 Å². The number of hydrogen-bond acceptors (Lipinski definition) is 4. The van der Waals surface area contributed by atoms with Crippen LogP contribution in [0.3, 0.4) is 0 Å². The maximum Gasteiger partial charge on any atom is 0.135 e. The third kappa shape index (κ3) is 3.04. The molecule has 20 heavy (non-hydrogen) atoms. The van der Waals surface area contributed by atoms with E-state index >= 15 is 0 Å². The monoisotopic (exact) mass is 292 g/mol. The van der Waals surface area contributed by atoms with Crippen LogP contribution in [0.25, 0.3) is 0 Å². The number of piperidine rings is 1. The minimum Gasteiger partial charge on any atom is -0.383 e. The highest BCUT2D eigenvalue weighted by molar-refractivity contribution is 7.13. The van der Waals surface area contributed by atoms with E-state index in [-0.39, 0.29) is 5.84 Å². The van der Waals surface area contributed by atoms with E-state index in [1.807, 2.05) is 0 Å². The molecule has 2 aliphatic rings. The number of nitrogen functional groups attached to an aromatic ring is 1. The summed E-state index contributed by atoms with van der Waals surface area (Å²) in [5.74, 6) is 0.773. The molecule has 2 heterocycles. The predicted octanol–water partition coefficient (Wildman–Crippen LogP) is 2.72. The van der Waals surface area contributed by atoms with Crippen molar-refractivity contribution >= 4 is 17.2 Å². The van der Waals surface area contributed by atoms with Gasteiger partial charge in [0.05, 0.1) is 15.6 Å². The van der Waals surface area contributed by atoms with Crippen LogP contribution in [0.1, 0.15) is 60.5 Å². The third-order valence-corrected chi connectivity index (χ3v) is 5.62. The zero-order valence-corrected chi connectivity index (χ0v) is 13.0. The first kappa shape index (κ1) is 14.0. The highest BCUT2D eigenvalue weighted by Crippen LogP contribution is 2.42. The zero-order chi connectivity index (χ0) is 14.1. The molecule has 1 unspecified atom stereocenters. The Kier molecular flexibility index (Phi) is 4.08. The summed E-state index contributed by atoms with van der Waals surface area (Å²) in [6.07, 6.45) is 7.45. The second kappa shape index (κ2) is 5.82. The SMILES string of the molecule is CC1CCCCN1CCc1nc(C2CC2)c(C(=N)N)s1. The largest absolute Gasteiger partial charge is 0.383 e. The van der Waals surface area contributed by atoms with Gasteiger partial charge in [0.2, 0.25) is 0 Å². The van der Waals surface area contributed by atoms with Crippen molar-refractivity contribution in [2.45, 2.75) is 57.4 Å². The van der Waals surface area contributed by atoms with E-state index in [4.69, 9.17) is 16.1 Å². The average molecular weight is 292 g/mol. The molecule has 1 aromatic rings. The van der Waals surface area contributed by atoms with Gasteiger partial charge < -0.3 is 10.6 Å². The van der Waals surface area contributed by atoms with Gasteiger partial charge in [0, 0.05) is 24.9 Å². The minimum atomic E-state index is 0.196. The van der Waals surface area contributed by atoms with Crippen LogP contribution >= 0.6 is 11.3 Å². The number of nitrogens with one attached hydrogen (secondary N) is 1. The summed E-state index contributed by atoms with van der Waals surface area (Å²) in [7, 11) is 0. The molecule has 1 aromatic heterocycles. The van der Waals surface area contributed by atoms with E-state index in [0.717, 1.165) is 28.5 Å². The molecule has 1 saturated heterocycles. The van der Waals surface area contributed by atoms with E-state index in [1.165, 1.54) is 38.6 Å². The molecule has 0 amide bonds. The molecular weight excluding hydrogens is 268 g/mol.